The van der Waals surface area contributed by atoms with Crippen LogP contribution in [0.4, 0.5) is 0 Å². The van der Waals surface area contributed by atoms with Gasteiger partial charge in [-0.1, -0.05) is 0 Å². The summed E-state index contributed by atoms with van der Waals surface area (Å²) in [6.07, 6.45) is 2.50. The summed E-state index contributed by atoms with van der Waals surface area (Å²) < 4.78 is 4.77. The van der Waals surface area contributed by atoms with E-state index in [1.807, 2.05) is 0 Å². The van der Waals surface area contributed by atoms with Crippen LogP contribution in [-0.4, -0.2) is 39.3 Å². The maximum absolute atomic E-state index is 11.1. The van der Waals surface area contributed by atoms with Crippen LogP contribution in [0.1, 0.15) is 12.8 Å². The van der Waals surface area contributed by atoms with Gasteiger partial charge >= 0.3 is 0 Å². The van der Waals surface area contributed by atoms with E-state index in [4.69, 9.17) is 9.57 Å². The first-order chi connectivity index (χ1) is 6.83. The maximum Gasteiger partial charge on any atom is 0.236 e. The summed E-state index contributed by atoms with van der Waals surface area (Å²) in [5, 5.41) is 2.82. The number of carbonyl (C=O) groups excluding carboxylic acids is 1. The van der Waals surface area contributed by atoms with E-state index in [9.17, 15) is 4.79 Å². The number of hydrogen-bond acceptors (Lipinski definition) is 4. The Labute approximate surface area is 84.1 Å². The van der Waals surface area contributed by atoms with Crippen LogP contribution in [0.25, 0.3) is 0 Å². The molecule has 0 bridgehead atoms. The zero-order valence-corrected chi connectivity index (χ0v) is 8.54. The van der Waals surface area contributed by atoms with E-state index in [2.05, 4.69) is 10.8 Å². The Morgan fingerprint density at radius 2 is 2.21 bits per heavy atom. The summed E-state index contributed by atoms with van der Waals surface area (Å²) in [7, 11) is 1.60. The molecule has 0 aromatic carbocycles. The lowest BCUT2D eigenvalue weighted by atomic mass is 10.4. The Hall–Kier alpha value is -0.650. The molecule has 1 saturated carbocycles. The molecule has 0 unspecified atom stereocenters. The quantitative estimate of drug-likeness (QED) is 0.418. The summed E-state index contributed by atoms with van der Waals surface area (Å²) in [6.45, 7) is 1.98. The van der Waals surface area contributed by atoms with Crippen molar-refractivity contribution in [2.75, 3.05) is 33.4 Å². The molecule has 5 nitrogen and oxygen atoms in total. The third kappa shape index (κ3) is 5.90. The summed E-state index contributed by atoms with van der Waals surface area (Å²) in [6, 6.07) is 0. The van der Waals surface area contributed by atoms with Gasteiger partial charge in [0.2, 0.25) is 5.91 Å². The first-order valence-corrected chi connectivity index (χ1v) is 4.93. The molecular weight excluding hydrogens is 184 g/mol. The van der Waals surface area contributed by atoms with Crippen molar-refractivity contribution in [1.82, 2.24) is 10.8 Å². The second-order valence-corrected chi connectivity index (χ2v) is 3.41. The molecule has 0 aliphatic heterocycles. The Balaban J connectivity index is 1.81. The minimum absolute atomic E-state index is 0.0192. The molecule has 1 amide bonds. The molecule has 14 heavy (non-hydrogen) atoms. The minimum Gasteiger partial charge on any atom is -0.382 e. The van der Waals surface area contributed by atoms with Crippen LogP contribution in [0.2, 0.25) is 0 Å². The van der Waals surface area contributed by atoms with Crippen molar-refractivity contribution >= 4 is 5.91 Å². The van der Waals surface area contributed by atoms with Gasteiger partial charge in [0, 0.05) is 13.7 Å². The van der Waals surface area contributed by atoms with E-state index < -0.39 is 0 Å². The predicted molar refractivity (Wildman–Crippen MR) is 51.6 cm³/mol. The molecule has 1 fully saturated rings. The number of carbonyl (C=O) groups is 1. The van der Waals surface area contributed by atoms with Gasteiger partial charge in [-0.2, -0.15) is 5.48 Å². The summed E-state index contributed by atoms with van der Waals surface area (Å²) in [5.74, 6) is 0.697. The zero-order valence-electron chi connectivity index (χ0n) is 8.54. The van der Waals surface area contributed by atoms with Gasteiger partial charge in [-0.25, -0.2) is 0 Å². The first kappa shape index (κ1) is 11.4. The highest BCUT2D eigenvalue weighted by atomic mass is 16.7. The third-order valence-corrected chi connectivity index (χ3v) is 2.01. The van der Waals surface area contributed by atoms with Crippen molar-refractivity contribution in [3.05, 3.63) is 0 Å². The van der Waals surface area contributed by atoms with Crippen molar-refractivity contribution in [3.8, 4) is 0 Å². The summed E-state index contributed by atoms with van der Waals surface area (Å²) in [5.41, 5.74) is 2.57. The van der Waals surface area contributed by atoms with Crippen molar-refractivity contribution < 1.29 is 14.4 Å². The van der Waals surface area contributed by atoms with E-state index in [1.54, 1.807) is 7.11 Å². The van der Waals surface area contributed by atoms with Crippen LogP contribution in [-0.2, 0) is 14.4 Å². The SMILES string of the molecule is COCCONCC(=O)NCC1CC1. The van der Waals surface area contributed by atoms with Gasteiger partial charge < -0.3 is 10.1 Å². The molecule has 2 N–H and O–H groups in total. The molecule has 0 saturated heterocycles. The van der Waals surface area contributed by atoms with E-state index >= 15 is 0 Å². The van der Waals surface area contributed by atoms with Crippen molar-refractivity contribution in [3.63, 3.8) is 0 Å². The number of ether oxygens (including phenoxy) is 1. The van der Waals surface area contributed by atoms with Gasteiger partial charge in [0.15, 0.2) is 0 Å². The fraction of sp³-hybridized carbons (Fsp3) is 0.889. The highest BCUT2D eigenvalue weighted by Gasteiger charge is 2.21. The van der Waals surface area contributed by atoms with Crippen LogP contribution in [0.3, 0.4) is 0 Å². The number of hydroxylamine groups is 1. The number of amides is 1. The highest BCUT2D eigenvalue weighted by Crippen LogP contribution is 2.27. The Morgan fingerprint density at radius 1 is 1.43 bits per heavy atom. The Kier molecular flexibility index (Phi) is 5.51. The van der Waals surface area contributed by atoms with Gasteiger partial charge in [0.1, 0.15) is 0 Å². The molecule has 5 heteroatoms. The average molecular weight is 202 g/mol. The zero-order chi connectivity index (χ0) is 10.2. The molecule has 0 radical (unpaired) electrons. The third-order valence-electron chi connectivity index (χ3n) is 2.01. The predicted octanol–water partition coefficient (Wildman–Crippen LogP) is -0.320. The van der Waals surface area contributed by atoms with E-state index in [0.717, 1.165) is 6.54 Å². The van der Waals surface area contributed by atoms with Crippen molar-refractivity contribution in [2.24, 2.45) is 5.92 Å². The standard InChI is InChI=1S/C9H18N2O3/c1-13-4-5-14-11-7-9(12)10-6-8-2-3-8/h8,11H,2-7H2,1H3,(H,10,12). The van der Waals surface area contributed by atoms with Crippen molar-refractivity contribution in [1.29, 1.82) is 0 Å². The molecule has 82 valence electrons. The number of nitrogens with one attached hydrogen (secondary N) is 2. The highest BCUT2D eigenvalue weighted by molar-refractivity contribution is 5.77. The molecule has 0 heterocycles. The Morgan fingerprint density at radius 3 is 2.86 bits per heavy atom. The van der Waals surface area contributed by atoms with E-state index in [1.165, 1.54) is 12.8 Å². The van der Waals surface area contributed by atoms with Crippen molar-refractivity contribution in [2.45, 2.75) is 12.8 Å². The summed E-state index contributed by atoms with van der Waals surface area (Å²) >= 11 is 0. The maximum atomic E-state index is 11.1. The first-order valence-electron chi connectivity index (χ1n) is 4.93. The molecule has 1 aliphatic carbocycles. The largest absolute Gasteiger partial charge is 0.382 e. The monoisotopic (exact) mass is 202 g/mol. The molecule has 1 rings (SSSR count). The minimum atomic E-state index is -0.0192. The fourth-order valence-corrected chi connectivity index (χ4v) is 0.956. The number of hydrogen-bond donors (Lipinski definition) is 2. The lowest BCUT2D eigenvalue weighted by Crippen LogP contribution is -2.35. The molecule has 0 aromatic heterocycles. The van der Waals surface area contributed by atoms with E-state index in [-0.39, 0.29) is 12.5 Å². The van der Waals surface area contributed by atoms with Gasteiger partial charge in [-0.05, 0) is 18.8 Å². The van der Waals surface area contributed by atoms with Gasteiger partial charge in [0.05, 0.1) is 19.8 Å². The lowest BCUT2D eigenvalue weighted by Gasteiger charge is -2.06. The lowest BCUT2D eigenvalue weighted by molar-refractivity contribution is -0.123. The molecular formula is C9H18N2O3. The van der Waals surface area contributed by atoms with Crippen LogP contribution in [0, 0.1) is 5.92 Å². The van der Waals surface area contributed by atoms with Crippen LogP contribution in [0.15, 0.2) is 0 Å². The normalized spacial score (nSPS) is 15.5. The second kappa shape index (κ2) is 6.75. The fourth-order valence-electron chi connectivity index (χ4n) is 0.956. The van der Waals surface area contributed by atoms with Gasteiger partial charge in [-0.15, -0.1) is 0 Å². The smallest absolute Gasteiger partial charge is 0.236 e. The van der Waals surface area contributed by atoms with Crippen LogP contribution >= 0.6 is 0 Å². The molecule has 0 atom stereocenters. The number of rotatable bonds is 8. The molecule has 0 spiro atoms. The van der Waals surface area contributed by atoms with Gasteiger partial charge in [0.25, 0.3) is 0 Å². The second-order valence-electron chi connectivity index (χ2n) is 3.41. The number of methoxy groups -OCH3 is 1. The van der Waals surface area contributed by atoms with Crippen LogP contribution < -0.4 is 10.8 Å². The topological polar surface area (TPSA) is 59.6 Å². The van der Waals surface area contributed by atoms with Crippen LogP contribution in [0.5, 0.6) is 0 Å². The molecule has 0 aromatic rings. The molecule has 1 aliphatic rings. The van der Waals surface area contributed by atoms with Gasteiger partial charge in [-0.3, -0.25) is 9.63 Å². The summed E-state index contributed by atoms with van der Waals surface area (Å²) in [4.78, 5) is 16.1. The average Bonchev–Trinajstić information content (AvgIpc) is 2.98. The van der Waals surface area contributed by atoms with E-state index in [0.29, 0.717) is 19.1 Å². The Bertz CT molecular complexity index is 171.